The minimum absolute atomic E-state index is 0.151. The van der Waals surface area contributed by atoms with Crippen LogP contribution in [-0.4, -0.2) is 36.8 Å². The van der Waals surface area contributed by atoms with Crippen molar-refractivity contribution in [2.45, 2.75) is 33.6 Å². The van der Waals surface area contributed by atoms with E-state index in [0.29, 0.717) is 6.42 Å². The van der Waals surface area contributed by atoms with Crippen LogP contribution in [0, 0.1) is 5.92 Å². The summed E-state index contributed by atoms with van der Waals surface area (Å²) in [5, 5.41) is 7.83. The lowest BCUT2D eigenvalue weighted by Gasteiger charge is -2.20. The second-order valence-corrected chi connectivity index (χ2v) is 5.88. The van der Waals surface area contributed by atoms with E-state index < -0.39 is 0 Å². The SMILES string of the molecule is CCN(CC)c1ccc(/C=N\NC(=O)CC[C@H]2C(=O)NN=C2C)cc1. The van der Waals surface area contributed by atoms with Crippen LogP contribution in [0.25, 0.3) is 0 Å². The molecule has 0 aromatic heterocycles. The smallest absolute Gasteiger partial charge is 0.248 e. The molecule has 2 amide bonds. The first-order valence-corrected chi connectivity index (χ1v) is 8.56. The van der Waals surface area contributed by atoms with Crippen LogP contribution in [0.1, 0.15) is 39.2 Å². The molecular formula is C18H25N5O2. The van der Waals surface area contributed by atoms with Crippen molar-refractivity contribution in [2.75, 3.05) is 18.0 Å². The third-order valence-electron chi connectivity index (χ3n) is 4.25. The van der Waals surface area contributed by atoms with Gasteiger partial charge in [0.15, 0.2) is 0 Å². The summed E-state index contributed by atoms with van der Waals surface area (Å²) in [4.78, 5) is 25.6. The molecule has 2 rings (SSSR count). The average molecular weight is 343 g/mol. The molecule has 1 atom stereocenters. The molecule has 1 aliphatic heterocycles. The zero-order valence-electron chi connectivity index (χ0n) is 15.0. The highest BCUT2D eigenvalue weighted by Gasteiger charge is 2.26. The number of carbonyl (C=O) groups is 2. The molecule has 7 heteroatoms. The Labute approximate surface area is 148 Å². The molecule has 2 N–H and O–H groups in total. The van der Waals surface area contributed by atoms with Crippen molar-refractivity contribution in [1.29, 1.82) is 0 Å². The molecule has 0 spiro atoms. The fourth-order valence-corrected chi connectivity index (χ4v) is 2.70. The first-order chi connectivity index (χ1) is 12.0. The molecule has 0 unspecified atom stereocenters. The van der Waals surface area contributed by atoms with Crippen LogP contribution in [0.4, 0.5) is 5.69 Å². The molecule has 0 saturated heterocycles. The fourth-order valence-electron chi connectivity index (χ4n) is 2.70. The predicted octanol–water partition coefficient (Wildman–Crippen LogP) is 1.88. The average Bonchev–Trinajstić information content (AvgIpc) is 2.93. The molecule has 1 heterocycles. The third kappa shape index (κ3) is 5.14. The van der Waals surface area contributed by atoms with Gasteiger partial charge < -0.3 is 4.90 Å². The van der Waals surface area contributed by atoms with E-state index in [1.54, 1.807) is 13.1 Å². The van der Waals surface area contributed by atoms with Crippen molar-refractivity contribution >= 4 is 29.4 Å². The van der Waals surface area contributed by atoms with E-state index in [9.17, 15) is 9.59 Å². The Bertz CT molecular complexity index is 663. The first-order valence-electron chi connectivity index (χ1n) is 8.56. The maximum atomic E-state index is 11.8. The summed E-state index contributed by atoms with van der Waals surface area (Å²) in [6.07, 6.45) is 2.27. The number of nitrogens with one attached hydrogen (secondary N) is 2. The second-order valence-electron chi connectivity index (χ2n) is 5.88. The number of benzene rings is 1. The quantitative estimate of drug-likeness (QED) is 0.558. The highest BCUT2D eigenvalue weighted by molar-refractivity contribution is 6.07. The zero-order chi connectivity index (χ0) is 18.2. The predicted molar refractivity (Wildman–Crippen MR) is 99.7 cm³/mol. The number of amides is 2. The molecule has 7 nitrogen and oxygen atoms in total. The number of hydrogen-bond acceptors (Lipinski definition) is 5. The van der Waals surface area contributed by atoms with E-state index in [4.69, 9.17) is 0 Å². The molecular weight excluding hydrogens is 318 g/mol. The fraction of sp³-hybridized carbons (Fsp3) is 0.444. The van der Waals surface area contributed by atoms with E-state index in [2.05, 4.69) is 39.8 Å². The Hall–Kier alpha value is -2.70. The summed E-state index contributed by atoms with van der Waals surface area (Å²) in [6.45, 7) is 7.95. The minimum atomic E-state index is -0.317. The molecule has 1 aromatic rings. The van der Waals surface area contributed by atoms with Gasteiger partial charge in [0.25, 0.3) is 0 Å². The van der Waals surface area contributed by atoms with E-state index in [0.717, 1.165) is 30.1 Å². The van der Waals surface area contributed by atoms with Crippen molar-refractivity contribution in [3.05, 3.63) is 29.8 Å². The molecule has 25 heavy (non-hydrogen) atoms. The topological polar surface area (TPSA) is 86.2 Å². The van der Waals surface area contributed by atoms with Crippen molar-refractivity contribution in [3.8, 4) is 0 Å². The number of rotatable bonds is 8. The van der Waals surface area contributed by atoms with E-state index >= 15 is 0 Å². The molecule has 0 radical (unpaired) electrons. The summed E-state index contributed by atoms with van der Waals surface area (Å²) in [7, 11) is 0. The zero-order valence-corrected chi connectivity index (χ0v) is 15.0. The van der Waals surface area contributed by atoms with Crippen LogP contribution in [0.15, 0.2) is 34.5 Å². The largest absolute Gasteiger partial charge is 0.372 e. The Morgan fingerprint density at radius 1 is 1.32 bits per heavy atom. The standard InChI is InChI=1S/C18H25N5O2/c1-4-23(5-2)15-8-6-14(7-9-15)12-19-21-17(24)11-10-16-13(3)20-22-18(16)25/h6-9,12,16H,4-5,10-11H2,1-3H3,(H,21,24)(H,22,25)/b19-12-/t16-/m1/s1. The number of nitrogens with zero attached hydrogens (tertiary/aromatic N) is 3. The van der Waals surface area contributed by atoms with Crippen LogP contribution in [0.5, 0.6) is 0 Å². The van der Waals surface area contributed by atoms with Crippen LogP contribution >= 0.6 is 0 Å². The molecule has 0 saturated carbocycles. The minimum Gasteiger partial charge on any atom is -0.372 e. The molecule has 1 aliphatic rings. The van der Waals surface area contributed by atoms with Crippen molar-refractivity contribution in [1.82, 2.24) is 10.9 Å². The van der Waals surface area contributed by atoms with Crippen molar-refractivity contribution in [3.63, 3.8) is 0 Å². The van der Waals surface area contributed by atoms with Crippen LogP contribution in [0.2, 0.25) is 0 Å². The monoisotopic (exact) mass is 343 g/mol. The maximum absolute atomic E-state index is 11.8. The second kappa shape index (κ2) is 8.96. The van der Waals surface area contributed by atoms with Crippen LogP contribution < -0.4 is 15.8 Å². The lowest BCUT2D eigenvalue weighted by molar-refractivity contribution is -0.123. The van der Waals surface area contributed by atoms with Gasteiger partial charge in [-0.05, 0) is 44.9 Å². The molecule has 134 valence electrons. The first kappa shape index (κ1) is 18.6. The van der Waals surface area contributed by atoms with Gasteiger partial charge in [-0.15, -0.1) is 0 Å². The Balaban J connectivity index is 1.79. The molecule has 1 aromatic carbocycles. The van der Waals surface area contributed by atoms with Gasteiger partial charge in [0.1, 0.15) is 0 Å². The van der Waals surface area contributed by atoms with E-state index in [1.165, 1.54) is 0 Å². The lowest BCUT2D eigenvalue weighted by Crippen LogP contribution is -2.25. The summed E-state index contributed by atoms with van der Waals surface area (Å²) in [5.74, 6) is -0.687. The Morgan fingerprint density at radius 2 is 2.00 bits per heavy atom. The normalized spacial score (nSPS) is 16.7. The van der Waals surface area contributed by atoms with Gasteiger partial charge in [-0.2, -0.15) is 10.2 Å². The van der Waals surface area contributed by atoms with Crippen LogP contribution in [-0.2, 0) is 9.59 Å². The van der Waals surface area contributed by atoms with Gasteiger partial charge in [-0.25, -0.2) is 10.9 Å². The summed E-state index contributed by atoms with van der Waals surface area (Å²) >= 11 is 0. The summed E-state index contributed by atoms with van der Waals surface area (Å²) in [6, 6.07) is 8.01. The number of carbonyl (C=O) groups excluding carboxylic acids is 2. The van der Waals surface area contributed by atoms with Crippen molar-refractivity contribution in [2.24, 2.45) is 16.1 Å². The number of anilines is 1. The lowest BCUT2D eigenvalue weighted by atomic mass is 9.99. The van der Waals surface area contributed by atoms with Gasteiger partial charge in [0.2, 0.25) is 11.8 Å². The number of hydrogen-bond donors (Lipinski definition) is 2. The Morgan fingerprint density at radius 3 is 2.56 bits per heavy atom. The highest BCUT2D eigenvalue weighted by Crippen LogP contribution is 2.14. The highest BCUT2D eigenvalue weighted by atomic mass is 16.2. The van der Waals surface area contributed by atoms with Crippen molar-refractivity contribution < 1.29 is 9.59 Å². The van der Waals surface area contributed by atoms with Gasteiger partial charge >= 0.3 is 0 Å². The number of hydrazone groups is 2. The summed E-state index contributed by atoms with van der Waals surface area (Å²) < 4.78 is 0. The van der Waals surface area contributed by atoms with Gasteiger partial charge in [-0.1, -0.05) is 12.1 Å². The third-order valence-corrected chi connectivity index (χ3v) is 4.25. The van der Waals surface area contributed by atoms with Crippen LogP contribution in [0.3, 0.4) is 0 Å². The van der Waals surface area contributed by atoms with E-state index in [-0.39, 0.29) is 24.2 Å². The van der Waals surface area contributed by atoms with E-state index in [1.807, 2.05) is 24.3 Å². The molecule has 0 aliphatic carbocycles. The van der Waals surface area contributed by atoms with Gasteiger partial charge in [0.05, 0.1) is 12.1 Å². The van der Waals surface area contributed by atoms with Gasteiger partial charge in [0, 0.05) is 30.9 Å². The Kier molecular flexibility index (Phi) is 6.68. The molecule has 0 fully saturated rings. The van der Waals surface area contributed by atoms with Gasteiger partial charge in [-0.3, -0.25) is 9.59 Å². The maximum Gasteiger partial charge on any atom is 0.248 e. The molecule has 0 bridgehead atoms. The summed E-state index contributed by atoms with van der Waals surface area (Å²) in [5.41, 5.74) is 7.70.